The minimum absolute atomic E-state index is 0.0526. The van der Waals surface area contributed by atoms with Gasteiger partial charge in [0.15, 0.2) is 0 Å². The summed E-state index contributed by atoms with van der Waals surface area (Å²) in [6.45, 7) is 7.42. The molecule has 0 aliphatic carbocycles. The standard InChI is InChI=1S/C10H22N2O2/c1-8(2)9(3)12-10(13)7-14-6-4-5-11/h8-9H,4-7,11H2,1-3H3,(H,12,13). The predicted molar refractivity (Wildman–Crippen MR) is 56.9 cm³/mol. The van der Waals surface area contributed by atoms with Crippen molar-refractivity contribution in [1.82, 2.24) is 5.32 Å². The lowest BCUT2D eigenvalue weighted by molar-refractivity contribution is -0.126. The van der Waals surface area contributed by atoms with Crippen LogP contribution in [0.3, 0.4) is 0 Å². The van der Waals surface area contributed by atoms with Crippen molar-refractivity contribution >= 4 is 5.91 Å². The van der Waals surface area contributed by atoms with Crippen LogP contribution in [0.1, 0.15) is 27.2 Å². The van der Waals surface area contributed by atoms with Gasteiger partial charge in [-0.25, -0.2) is 0 Å². The van der Waals surface area contributed by atoms with E-state index in [2.05, 4.69) is 19.2 Å². The molecule has 0 aromatic heterocycles. The molecule has 0 radical (unpaired) electrons. The molecular weight excluding hydrogens is 180 g/mol. The zero-order chi connectivity index (χ0) is 11.0. The van der Waals surface area contributed by atoms with Crippen LogP contribution in [-0.4, -0.2) is 31.7 Å². The molecule has 0 spiro atoms. The van der Waals surface area contributed by atoms with E-state index in [9.17, 15) is 4.79 Å². The maximum absolute atomic E-state index is 11.3. The fraction of sp³-hybridized carbons (Fsp3) is 0.900. The second kappa shape index (κ2) is 7.76. The first kappa shape index (κ1) is 13.4. The van der Waals surface area contributed by atoms with Gasteiger partial charge in [0, 0.05) is 12.6 Å². The molecule has 4 nitrogen and oxygen atoms in total. The first-order valence-corrected chi connectivity index (χ1v) is 5.15. The highest BCUT2D eigenvalue weighted by Gasteiger charge is 2.10. The Morgan fingerprint density at radius 1 is 1.43 bits per heavy atom. The summed E-state index contributed by atoms with van der Waals surface area (Å²) in [5, 5.41) is 2.86. The molecule has 0 aromatic carbocycles. The SMILES string of the molecule is CC(C)C(C)NC(=O)COCCCN. The van der Waals surface area contributed by atoms with E-state index >= 15 is 0 Å². The lowest BCUT2D eigenvalue weighted by atomic mass is 10.1. The van der Waals surface area contributed by atoms with E-state index in [1.165, 1.54) is 0 Å². The molecule has 3 N–H and O–H groups in total. The Bertz CT molecular complexity index is 160. The smallest absolute Gasteiger partial charge is 0.246 e. The second-order valence-electron chi connectivity index (χ2n) is 3.80. The van der Waals surface area contributed by atoms with Crippen LogP contribution in [-0.2, 0) is 9.53 Å². The summed E-state index contributed by atoms with van der Waals surface area (Å²) in [5.74, 6) is 0.395. The van der Waals surface area contributed by atoms with Gasteiger partial charge in [-0.05, 0) is 25.8 Å². The quantitative estimate of drug-likeness (QED) is 0.591. The highest BCUT2D eigenvalue weighted by molar-refractivity contribution is 5.77. The zero-order valence-corrected chi connectivity index (χ0v) is 9.38. The lowest BCUT2D eigenvalue weighted by Crippen LogP contribution is -2.38. The van der Waals surface area contributed by atoms with E-state index in [0.29, 0.717) is 19.1 Å². The van der Waals surface area contributed by atoms with Gasteiger partial charge < -0.3 is 15.8 Å². The first-order valence-electron chi connectivity index (χ1n) is 5.15. The van der Waals surface area contributed by atoms with Gasteiger partial charge >= 0.3 is 0 Å². The normalized spacial score (nSPS) is 12.9. The van der Waals surface area contributed by atoms with E-state index in [1.54, 1.807) is 0 Å². The minimum Gasteiger partial charge on any atom is -0.372 e. The van der Waals surface area contributed by atoms with Crippen LogP contribution in [0.5, 0.6) is 0 Å². The monoisotopic (exact) mass is 202 g/mol. The Balaban J connectivity index is 3.45. The van der Waals surface area contributed by atoms with E-state index < -0.39 is 0 Å². The van der Waals surface area contributed by atoms with Crippen molar-refractivity contribution in [3.05, 3.63) is 0 Å². The van der Waals surface area contributed by atoms with Gasteiger partial charge in [0.25, 0.3) is 0 Å². The molecular formula is C10H22N2O2. The molecule has 1 atom stereocenters. The number of hydrogen-bond donors (Lipinski definition) is 2. The number of amides is 1. The fourth-order valence-electron chi connectivity index (χ4n) is 0.813. The summed E-state index contributed by atoms with van der Waals surface area (Å²) < 4.78 is 5.12. The Morgan fingerprint density at radius 3 is 2.57 bits per heavy atom. The molecule has 0 saturated carbocycles. The van der Waals surface area contributed by atoms with Crippen molar-refractivity contribution in [2.24, 2.45) is 11.7 Å². The number of nitrogens with two attached hydrogens (primary N) is 1. The number of hydrogen-bond acceptors (Lipinski definition) is 3. The summed E-state index contributed by atoms with van der Waals surface area (Å²) in [4.78, 5) is 11.3. The fourth-order valence-corrected chi connectivity index (χ4v) is 0.813. The Kier molecular flexibility index (Phi) is 7.42. The van der Waals surface area contributed by atoms with Crippen molar-refractivity contribution in [2.75, 3.05) is 19.8 Å². The van der Waals surface area contributed by atoms with Gasteiger partial charge in [-0.2, -0.15) is 0 Å². The predicted octanol–water partition coefficient (Wildman–Crippen LogP) is 0.513. The third-order valence-electron chi connectivity index (χ3n) is 2.11. The van der Waals surface area contributed by atoms with Gasteiger partial charge in [0.2, 0.25) is 5.91 Å². The molecule has 84 valence electrons. The van der Waals surface area contributed by atoms with Gasteiger partial charge in [-0.15, -0.1) is 0 Å². The number of carbonyl (C=O) groups is 1. The number of nitrogens with one attached hydrogen (secondary N) is 1. The molecule has 0 fully saturated rings. The zero-order valence-electron chi connectivity index (χ0n) is 9.38. The molecule has 0 aliphatic heterocycles. The molecule has 14 heavy (non-hydrogen) atoms. The number of carbonyl (C=O) groups excluding carboxylic acids is 1. The van der Waals surface area contributed by atoms with E-state index in [1.807, 2.05) is 6.92 Å². The third-order valence-corrected chi connectivity index (χ3v) is 2.11. The molecule has 0 heterocycles. The maximum atomic E-state index is 11.3. The molecule has 0 rings (SSSR count). The molecule has 0 aromatic rings. The number of rotatable bonds is 7. The van der Waals surface area contributed by atoms with Crippen LogP contribution in [0.4, 0.5) is 0 Å². The van der Waals surface area contributed by atoms with Crippen molar-refractivity contribution in [1.29, 1.82) is 0 Å². The van der Waals surface area contributed by atoms with Crippen LogP contribution >= 0.6 is 0 Å². The van der Waals surface area contributed by atoms with Gasteiger partial charge in [-0.3, -0.25) is 4.79 Å². The summed E-state index contributed by atoms with van der Waals surface area (Å²) in [6, 6.07) is 0.195. The summed E-state index contributed by atoms with van der Waals surface area (Å²) in [5.41, 5.74) is 5.29. The van der Waals surface area contributed by atoms with Gasteiger partial charge in [-0.1, -0.05) is 13.8 Å². The Labute approximate surface area is 86.2 Å². The van der Waals surface area contributed by atoms with Crippen LogP contribution in [0, 0.1) is 5.92 Å². The van der Waals surface area contributed by atoms with Gasteiger partial charge in [0.05, 0.1) is 0 Å². The van der Waals surface area contributed by atoms with E-state index in [4.69, 9.17) is 10.5 Å². The number of ether oxygens (including phenoxy) is 1. The second-order valence-corrected chi connectivity index (χ2v) is 3.80. The van der Waals surface area contributed by atoms with Crippen LogP contribution in [0.2, 0.25) is 0 Å². The van der Waals surface area contributed by atoms with Gasteiger partial charge in [0.1, 0.15) is 6.61 Å². The van der Waals surface area contributed by atoms with Crippen molar-refractivity contribution < 1.29 is 9.53 Å². The highest BCUT2D eigenvalue weighted by atomic mass is 16.5. The molecule has 0 bridgehead atoms. The molecule has 1 amide bonds. The third kappa shape index (κ3) is 6.86. The summed E-state index contributed by atoms with van der Waals surface area (Å²) in [7, 11) is 0. The minimum atomic E-state index is -0.0526. The van der Waals surface area contributed by atoms with Crippen molar-refractivity contribution in [2.45, 2.75) is 33.2 Å². The van der Waals surface area contributed by atoms with Crippen molar-refractivity contribution in [3.8, 4) is 0 Å². The Morgan fingerprint density at radius 2 is 2.07 bits per heavy atom. The first-order chi connectivity index (χ1) is 6.57. The average molecular weight is 202 g/mol. The van der Waals surface area contributed by atoms with Crippen LogP contribution in [0.15, 0.2) is 0 Å². The van der Waals surface area contributed by atoms with E-state index in [-0.39, 0.29) is 18.6 Å². The van der Waals surface area contributed by atoms with Crippen molar-refractivity contribution in [3.63, 3.8) is 0 Å². The topological polar surface area (TPSA) is 64.3 Å². The average Bonchev–Trinajstić information content (AvgIpc) is 2.12. The van der Waals surface area contributed by atoms with Crippen LogP contribution < -0.4 is 11.1 Å². The lowest BCUT2D eigenvalue weighted by Gasteiger charge is -2.17. The maximum Gasteiger partial charge on any atom is 0.246 e. The van der Waals surface area contributed by atoms with E-state index in [0.717, 1.165) is 6.42 Å². The summed E-state index contributed by atoms with van der Waals surface area (Å²) in [6.07, 6.45) is 0.799. The summed E-state index contributed by atoms with van der Waals surface area (Å²) >= 11 is 0. The highest BCUT2D eigenvalue weighted by Crippen LogP contribution is 1.99. The largest absolute Gasteiger partial charge is 0.372 e. The molecule has 0 saturated heterocycles. The molecule has 0 aliphatic rings. The molecule has 1 unspecified atom stereocenters. The van der Waals surface area contributed by atoms with Crippen LogP contribution in [0.25, 0.3) is 0 Å². The molecule has 4 heteroatoms. The Hall–Kier alpha value is -0.610.